The number of nitrogens with one attached hydrogen (secondary N) is 2. The Kier molecular flexibility index (Phi) is 3.60. The molecule has 4 unspecified atom stereocenters. The molecule has 2 aliphatic heterocycles. The van der Waals surface area contributed by atoms with Crippen LogP contribution in [0.3, 0.4) is 0 Å². The van der Waals surface area contributed by atoms with Gasteiger partial charge in [-0.05, 0) is 0 Å². The van der Waals surface area contributed by atoms with Crippen molar-refractivity contribution in [1.82, 2.24) is 10.6 Å². The molecule has 0 aromatic carbocycles. The summed E-state index contributed by atoms with van der Waals surface area (Å²) in [6.07, 6.45) is -5.07. The van der Waals surface area contributed by atoms with Gasteiger partial charge in [-0.25, -0.2) is 8.42 Å². The van der Waals surface area contributed by atoms with E-state index in [4.69, 9.17) is 4.74 Å². The number of rotatable bonds is 2. The van der Waals surface area contributed by atoms with Gasteiger partial charge in [-0.1, -0.05) is 0 Å². The number of alkyl halides is 3. The number of morpholine rings is 1. The molecule has 2 rings (SSSR count). The molecule has 2 heterocycles. The predicted molar refractivity (Wildman–Crippen MR) is 58.0 cm³/mol. The summed E-state index contributed by atoms with van der Waals surface area (Å²) in [6.45, 7) is -0.152. The third-order valence-corrected chi connectivity index (χ3v) is 4.91. The van der Waals surface area contributed by atoms with E-state index in [1.54, 1.807) is 0 Å². The lowest BCUT2D eigenvalue weighted by Gasteiger charge is -2.44. The fourth-order valence-electron chi connectivity index (χ4n) is 2.21. The van der Waals surface area contributed by atoms with Crippen molar-refractivity contribution < 1.29 is 26.3 Å². The van der Waals surface area contributed by atoms with Crippen molar-refractivity contribution in [2.75, 3.05) is 26.0 Å². The first-order valence-corrected chi connectivity index (χ1v) is 7.49. The molecule has 0 radical (unpaired) electrons. The zero-order valence-corrected chi connectivity index (χ0v) is 10.5. The first kappa shape index (κ1) is 14.0. The SMILES string of the molecule is CS(=O)(=O)C1CNC1C1COC(C(F)(F)F)CN1. The Morgan fingerprint density at radius 3 is 2.22 bits per heavy atom. The van der Waals surface area contributed by atoms with Gasteiger partial charge >= 0.3 is 6.18 Å². The second kappa shape index (κ2) is 4.62. The van der Waals surface area contributed by atoms with Gasteiger partial charge in [0.2, 0.25) is 0 Å². The van der Waals surface area contributed by atoms with Crippen LogP contribution in [0.4, 0.5) is 13.2 Å². The first-order valence-electron chi connectivity index (χ1n) is 5.53. The summed E-state index contributed by atoms with van der Waals surface area (Å²) in [5, 5.41) is 5.08. The molecule has 0 saturated carbocycles. The molecular formula is C9H15F3N2O3S. The molecule has 0 aromatic heterocycles. The molecule has 5 nitrogen and oxygen atoms in total. The summed E-state index contributed by atoms with van der Waals surface area (Å²) in [5.41, 5.74) is 0. The third-order valence-electron chi connectivity index (χ3n) is 3.35. The fraction of sp³-hybridized carbons (Fsp3) is 1.00. The molecule has 0 spiro atoms. The van der Waals surface area contributed by atoms with Crippen molar-refractivity contribution in [1.29, 1.82) is 0 Å². The quantitative estimate of drug-likeness (QED) is 0.703. The highest BCUT2D eigenvalue weighted by molar-refractivity contribution is 7.91. The third kappa shape index (κ3) is 2.79. The molecule has 2 N–H and O–H groups in total. The normalized spacial score (nSPS) is 38.2. The van der Waals surface area contributed by atoms with E-state index in [1.165, 1.54) is 0 Å². The Morgan fingerprint density at radius 1 is 1.22 bits per heavy atom. The minimum atomic E-state index is -4.39. The van der Waals surface area contributed by atoms with E-state index < -0.39 is 33.4 Å². The van der Waals surface area contributed by atoms with Crippen LogP contribution in [0, 0.1) is 0 Å². The number of sulfone groups is 1. The molecule has 18 heavy (non-hydrogen) atoms. The van der Waals surface area contributed by atoms with Gasteiger partial charge in [0.25, 0.3) is 0 Å². The summed E-state index contributed by atoms with van der Waals surface area (Å²) in [4.78, 5) is 0. The minimum absolute atomic E-state index is 0.145. The van der Waals surface area contributed by atoms with Gasteiger partial charge in [0.1, 0.15) is 0 Å². The second-order valence-corrected chi connectivity index (χ2v) is 6.94. The van der Waals surface area contributed by atoms with Crippen molar-refractivity contribution in [3.63, 3.8) is 0 Å². The van der Waals surface area contributed by atoms with Gasteiger partial charge < -0.3 is 15.4 Å². The van der Waals surface area contributed by atoms with Crippen LogP contribution in [-0.4, -0.2) is 64.0 Å². The maximum absolute atomic E-state index is 12.4. The standard InChI is InChI=1S/C9H15F3N2O3S/c1-18(15,16)6-2-14-8(6)5-4-17-7(3-13-5)9(10,11)12/h5-8,13-14H,2-4H2,1H3. The zero-order valence-electron chi connectivity index (χ0n) is 9.70. The average molecular weight is 288 g/mol. The van der Waals surface area contributed by atoms with E-state index in [1.807, 2.05) is 0 Å². The Balaban J connectivity index is 1.91. The molecule has 0 bridgehead atoms. The van der Waals surface area contributed by atoms with E-state index in [0.717, 1.165) is 6.26 Å². The van der Waals surface area contributed by atoms with Crippen LogP contribution in [0.5, 0.6) is 0 Å². The molecule has 2 saturated heterocycles. The van der Waals surface area contributed by atoms with Crippen molar-refractivity contribution >= 4 is 9.84 Å². The summed E-state index contributed by atoms with van der Waals surface area (Å²) in [7, 11) is -3.19. The van der Waals surface area contributed by atoms with Crippen molar-refractivity contribution in [2.24, 2.45) is 0 Å². The lowest BCUT2D eigenvalue weighted by Crippen LogP contribution is -2.71. The number of halogens is 3. The van der Waals surface area contributed by atoms with E-state index in [-0.39, 0.29) is 19.2 Å². The van der Waals surface area contributed by atoms with E-state index in [2.05, 4.69) is 10.6 Å². The molecule has 2 fully saturated rings. The van der Waals surface area contributed by atoms with Gasteiger partial charge in [-0.3, -0.25) is 0 Å². The van der Waals surface area contributed by atoms with Crippen molar-refractivity contribution in [2.45, 2.75) is 29.6 Å². The Labute approximate surface area is 103 Å². The van der Waals surface area contributed by atoms with Gasteiger partial charge in [-0.15, -0.1) is 0 Å². The van der Waals surface area contributed by atoms with Crippen LogP contribution in [0.1, 0.15) is 0 Å². The summed E-state index contributed by atoms with van der Waals surface area (Å²) in [6, 6.07) is -0.786. The minimum Gasteiger partial charge on any atom is -0.366 e. The zero-order chi connectivity index (χ0) is 13.6. The monoisotopic (exact) mass is 288 g/mol. The van der Waals surface area contributed by atoms with Gasteiger partial charge in [0, 0.05) is 31.4 Å². The summed E-state index contributed by atoms with van der Waals surface area (Å²) < 4.78 is 64.6. The smallest absolute Gasteiger partial charge is 0.366 e. The fourth-order valence-corrected chi connectivity index (χ4v) is 3.42. The van der Waals surface area contributed by atoms with Crippen LogP contribution in [0.15, 0.2) is 0 Å². The van der Waals surface area contributed by atoms with Crippen LogP contribution in [0.25, 0.3) is 0 Å². The lowest BCUT2D eigenvalue weighted by molar-refractivity contribution is -0.230. The van der Waals surface area contributed by atoms with Crippen LogP contribution in [0.2, 0.25) is 0 Å². The summed E-state index contributed by atoms with van der Waals surface area (Å²) >= 11 is 0. The van der Waals surface area contributed by atoms with Crippen LogP contribution in [-0.2, 0) is 14.6 Å². The molecule has 0 aliphatic carbocycles. The largest absolute Gasteiger partial charge is 0.415 e. The summed E-state index contributed by atoms with van der Waals surface area (Å²) in [5.74, 6) is 0. The molecule has 106 valence electrons. The van der Waals surface area contributed by atoms with Gasteiger partial charge in [0.15, 0.2) is 15.9 Å². The number of hydrogen-bond acceptors (Lipinski definition) is 5. The van der Waals surface area contributed by atoms with Crippen LogP contribution >= 0.6 is 0 Å². The molecule has 0 amide bonds. The topological polar surface area (TPSA) is 67.4 Å². The number of ether oxygens (including phenoxy) is 1. The van der Waals surface area contributed by atoms with Crippen molar-refractivity contribution in [3.8, 4) is 0 Å². The highest BCUT2D eigenvalue weighted by Crippen LogP contribution is 2.26. The highest BCUT2D eigenvalue weighted by atomic mass is 32.2. The van der Waals surface area contributed by atoms with Gasteiger partial charge in [0.05, 0.1) is 11.9 Å². The van der Waals surface area contributed by atoms with E-state index in [9.17, 15) is 21.6 Å². The van der Waals surface area contributed by atoms with Crippen molar-refractivity contribution in [3.05, 3.63) is 0 Å². The van der Waals surface area contributed by atoms with E-state index >= 15 is 0 Å². The van der Waals surface area contributed by atoms with Gasteiger partial charge in [-0.2, -0.15) is 13.2 Å². The lowest BCUT2D eigenvalue weighted by atomic mass is 9.97. The molecule has 2 aliphatic rings. The van der Waals surface area contributed by atoms with Crippen LogP contribution < -0.4 is 10.6 Å². The highest BCUT2D eigenvalue weighted by Gasteiger charge is 2.48. The molecule has 0 aromatic rings. The average Bonchev–Trinajstić information content (AvgIpc) is 2.12. The maximum atomic E-state index is 12.4. The molecule has 9 heteroatoms. The molecular weight excluding hydrogens is 273 g/mol. The Hall–Kier alpha value is -0.380. The Bertz CT molecular complexity index is 404. The van der Waals surface area contributed by atoms with E-state index in [0.29, 0.717) is 6.54 Å². The molecule has 4 atom stereocenters. The predicted octanol–water partition coefficient (Wildman–Crippen LogP) is -0.709. The maximum Gasteiger partial charge on any atom is 0.415 e. The number of hydrogen-bond donors (Lipinski definition) is 2. The Morgan fingerprint density at radius 2 is 1.89 bits per heavy atom. The first-order chi connectivity index (χ1) is 8.19. The second-order valence-electron chi connectivity index (χ2n) is 4.68.